The van der Waals surface area contributed by atoms with Crippen LogP contribution < -0.4 is 10.2 Å². The average molecular weight is 327 g/mol. The Hall–Kier alpha value is -2.41. The number of aromatic nitrogens is 3. The minimum Gasteiger partial charge on any atom is -0.378 e. The van der Waals surface area contributed by atoms with Crippen LogP contribution in [0.25, 0.3) is 0 Å². The standard InChI is InChI=1S/C17H21N5O2/c23-17(13-3-5-22-6-4-18-16(22)11-13)20-15-2-1-14(12-19-15)21-7-9-24-10-8-21/h1-2,4,6,12-13H,3,5,7-11H2,(H,19,20,23). The number of carbonyl (C=O) groups excluding carboxylic acids is 1. The molecule has 0 radical (unpaired) electrons. The third-order valence-electron chi connectivity index (χ3n) is 4.70. The van der Waals surface area contributed by atoms with Gasteiger partial charge in [-0.05, 0) is 18.6 Å². The lowest BCUT2D eigenvalue weighted by Crippen LogP contribution is -2.36. The Kier molecular flexibility index (Phi) is 4.17. The monoisotopic (exact) mass is 327 g/mol. The molecule has 2 aliphatic heterocycles. The van der Waals surface area contributed by atoms with Crippen molar-refractivity contribution in [3.05, 3.63) is 36.5 Å². The van der Waals surface area contributed by atoms with Crippen molar-refractivity contribution in [1.82, 2.24) is 14.5 Å². The van der Waals surface area contributed by atoms with Gasteiger partial charge in [-0.1, -0.05) is 0 Å². The topological polar surface area (TPSA) is 72.3 Å². The van der Waals surface area contributed by atoms with E-state index in [9.17, 15) is 4.79 Å². The molecule has 1 saturated heterocycles. The van der Waals surface area contributed by atoms with Gasteiger partial charge < -0.3 is 19.5 Å². The second-order valence-electron chi connectivity index (χ2n) is 6.22. The fourth-order valence-corrected chi connectivity index (χ4v) is 3.27. The number of rotatable bonds is 3. The highest BCUT2D eigenvalue weighted by molar-refractivity contribution is 5.91. The number of hydrogen-bond acceptors (Lipinski definition) is 5. The number of carbonyl (C=O) groups is 1. The molecule has 0 aromatic carbocycles. The normalized spacial score (nSPS) is 20.5. The van der Waals surface area contributed by atoms with Gasteiger partial charge >= 0.3 is 0 Å². The number of fused-ring (bicyclic) bond motifs is 1. The third-order valence-corrected chi connectivity index (χ3v) is 4.70. The summed E-state index contributed by atoms with van der Waals surface area (Å²) in [5.41, 5.74) is 1.07. The Morgan fingerprint density at radius 3 is 2.88 bits per heavy atom. The van der Waals surface area contributed by atoms with Crippen LogP contribution in [0, 0.1) is 5.92 Å². The molecule has 1 N–H and O–H groups in total. The number of morpholine rings is 1. The van der Waals surface area contributed by atoms with Gasteiger partial charge in [0.15, 0.2) is 0 Å². The fourth-order valence-electron chi connectivity index (χ4n) is 3.27. The Balaban J connectivity index is 1.37. The van der Waals surface area contributed by atoms with Gasteiger partial charge in [0.05, 0.1) is 25.1 Å². The Morgan fingerprint density at radius 2 is 2.08 bits per heavy atom. The van der Waals surface area contributed by atoms with Crippen LogP contribution in [0.5, 0.6) is 0 Å². The third kappa shape index (κ3) is 3.12. The van der Waals surface area contributed by atoms with E-state index in [2.05, 4.69) is 24.8 Å². The van der Waals surface area contributed by atoms with E-state index >= 15 is 0 Å². The predicted octanol–water partition coefficient (Wildman–Crippen LogP) is 1.32. The molecule has 0 bridgehead atoms. The molecule has 0 saturated carbocycles. The molecule has 1 unspecified atom stereocenters. The van der Waals surface area contributed by atoms with E-state index in [1.807, 2.05) is 24.5 Å². The number of hydrogen-bond donors (Lipinski definition) is 1. The van der Waals surface area contributed by atoms with Gasteiger partial charge in [0.1, 0.15) is 11.6 Å². The summed E-state index contributed by atoms with van der Waals surface area (Å²) in [6, 6.07) is 3.87. The summed E-state index contributed by atoms with van der Waals surface area (Å²) in [5.74, 6) is 1.57. The van der Waals surface area contributed by atoms with Gasteiger partial charge in [-0.3, -0.25) is 4.79 Å². The lowest BCUT2D eigenvalue weighted by molar-refractivity contribution is -0.120. The van der Waals surface area contributed by atoms with Crippen LogP contribution in [0.2, 0.25) is 0 Å². The molecule has 1 atom stereocenters. The summed E-state index contributed by atoms with van der Waals surface area (Å²) in [5, 5.41) is 2.93. The van der Waals surface area contributed by atoms with Crippen LogP contribution in [0.4, 0.5) is 11.5 Å². The minimum atomic E-state index is -0.0411. The molecule has 2 aliphatic rings. The molecule has 2 aromatic rings. The van der Waals surface area contributed by atoms with Crippen molar-refractivity contribution in [3.8, 4) is 0 Å². The van der Waals surface area contributed by atoms with Crippen LogP contribution in [-0.4, -0.2) is 46.7 Å². The summed E-state index contributed by atoms with van der Waals surface area (Å²) in [7, 11) is 0. The van der Waals surface area contributed by atoms with E-state index in [1.165, 1.54) is 0 Å². The predicted molar refractivity (Wildman–Crippen MR) is 89.9 cm³/mol. The molecule has 1 amide bonds. The van der Waals surface area contributed by atoms with Gasteiger partial charge in [0.25, 0.3) is 0 Å². The van der Waals surface area contributed by atoms with Gasteiger partial charge in [-0.15, -0.1) is 0 Å². The van der Waals surface area contributed by atoms with E-state index in [-0.39, 0.29) is 11.8 Å². The second-order valence-corrected chi connectivity index (χ2v) is 6.22. The van der Waals surface area contributed by atoms with Crippen molar-refractivity contribution in [3.63, 3.8) is 0 Å². The van der Waals surface area contributed by atoms with Crippen molar-refractivity contribution in [2.45, 2.75) is 19.4 Å². The number of nitrogens with zero attached hydrogens (tertiary/aromatic N) is 4. The van der Waals surface area contributed by atoms with Gasteiger partial charge in [-0.2, -0.15) is 0 Å². The van der Waals surface area contributed by atoms with Crippen molar-refractivity contribution in [2.75, 3.05) is 36.5 Å². The maximum Gasteiger partial charge on any atom is 0.229 e. The summed E-state index contributed by atoms with van der Waals surface area (Å²) in [6.07, 6.45) is 7.09. The highest BCUT2D eigenvalue weighted by atomic mass is 16.5. The molecule has 0 spiro atoms. The maximum absolute atomic E-state index is 12.5. The van der Waals surface area contributed by atoms with Crippen molar-refractivity contribution in [2.24, 2.45) is 5.92 Å². The van der Waals surface area contributed by atoms with Crippen molar-refractivity contribution < 1.29 is 9.53 Å². The number of ether oxygens (including phenoxy) is 1. The summed E-state index contributed by atoms with van der Waals surface area (Å²) in [4.78, 5) is 23.4. The molecule has 4 heterocycles. The number of amides is 1. The number of nitrogens with one attached hydrogen (secondary N) is 1. The molecular formula is C17H21N5O2. The molecule has 2 aromatic heterocycles. The SMILES string of the molecule is O=C(Nc1ccc(N2CCOCC2)cn1)C1CCn2ccnc2C1. The van der Waals surface area contributed by atoms with Crippen LogP contribution >= 0.6 is 0 Å². The first-order chi connectivity index (χ1) is 11.8. The van der Waals surface area contributed by atoms with Crippen molar-refractivity contribution >= 4 is 17.4 Å². The largest absolute Gasteiger partial charge is 0.378 e. The highest BCUT2D eigenvalue weighted by Crippen LogP contribution is 2.21. The van der Waals surface area contributed by atoms with Gasteiger partial charge in [0.2, 0.25) is 5.91 Å². The lowest BCUT2D eigenvalue weighted by Gasteiger charge is -2.28. The fraction of sp³-hybridized carbons (Fsp3) is 0.471. The molecule has 126 valence electrons. The highest BCUT2D eigenvalue weighted by Gasteiger charge is 2.25. The van der Waals surface area contributed by atoms with E-state index in [1.54, 1.807) is 6.20 Å². The molecule has 7 heteroatoms. The minimum absolute atomic E-state index is 0.0240. The van der Waals surface area contributed by atoms with Gasteiger partial charge in [0, 0.05) is 44.4 Å². The van der Waals surface area contributed by atoms with Crippen LogP contribution in [0.1, 0.15) is 12.2 Å². The molecule has 24 heavy (non-hydrogen) atoms. The van der Waals surface area contributed by atoms with Crippen LogP contribution in [0.15, 0.2) is 30.7 Å². The summed E-state index contributed by atoms with van der Waals surface area (Å²) in [6.45, 7) is 4.09. The van der Waals surface area contributed by atoms with Crippen molar-refractivity contribution in [1.29, 1.82) is 0 Å². The smallest absolute Gasteiger partial charge is 0.229 e. The Labute approximate surface area is 140 Å². The molecule has 0 aliphatic carbocycles. The zero-order valence-electron chi connectivity index (χ0n) is 13.5. The number of imidazole rings is 1. The first kappa shape index (κ1) is 15.1. The molecule has 4 rings (SSSR count). The van der Waals surface area contributed by atoms with E-state index in [4.69, 9.17) is 4.74 Å². The van der Waals surface area contributed by atoms with E-state index in [0.29, 0.717) is 12.2 Å². The van der Waals surface area contributed by atoms with Gasteiger partial charge in [-0.25, -0.2) is 9.97 Å². The summed E-state index contributed by atoms with van der Waals surface area (Å²) < 4.78 is 7.47. The Morgan fingerprint density at radius 1 is 1.21 bits per heavy atom. The first-order valence-electron chi connectivity index (χ1n) is 8.39. The number of pyridine rings is 1. The molecule has 7 nitrogen and oxygen atoms in total. The zero-order valence-corrected chi connectivity index (χ0v) is 13.5. The van der Waals surface area contributed by atoms with E-state index in [0.717, 1.165) is 50.8 Å². The average Bonchev–Trinajstić information content (AvgIpc) is 3.11. The maximum atomic E-state index is 12.5. The van der Waals surface area contributed by atoms with E-state index < -0.39 is 0 Å². The van der Waals surface area contributed by atoms with Crippen LogP contribution in [-0.2, 0) is 22.5 Å². The number of anilines is 2. The molecular weight excluding hydrogens is 306 g/mol. The zero-order chi connectivity index (χ0) is 16.4. The summed E-state index contributed by atoms with van der Waals surface area (Å²) >= 11 is 0. The second kappa shape index (κ2) is 6.60. The quantitative estimate of drug-likeness (QED) is 0.920. The number of aryl methyl sites for hydroxylation is 1. The Bertz CT molecular complexity index is 706. The first-order valence-corrected chi connectivity index (χ1v) is 8.39. The molecule has 1 fully saturated rings. The van der Waals surface area contributed by atoms with Crippen LogP contribution in [0.3, 0.4) is 0 Å². The lowest BCUT2D eigenvalue weighted by atomic mass is 9.97.